The van der Waals surface area contributed by atoms with E-state index in [9.17, 15) is 39.8 Å². The molecule has 6 unspecified atom stereocenters. The molecule has 1 aliphatic carbocycles. The van der Waals surface area contributed by atoms with Crippen molar-refractivity contribution in [1.29, 1.82) is 0 Å². The van der Waals surface area contributed by atoms with Crippen molar-refractivity contribution in [1.82, 2.24) is 0 Å². The molecular formula is C44H85O12P. The van der Waals surface area contributed by atoms with E-state index in [1.54, 1.807) is 0 Å². The molecule has 0 aliphatic heterocycles. The van der Waals surface area contributed by atoms with Crippen LogP contribution in [0.15, 0.2) is 12.2 Å². The third-order valence-electron chi connectivity index (χ3n) is 10.9. The molecule has 1 aliphatic rings. The number of allylic oxidation sites excluding steroid dienone is 2. The first-order valence-corrected chi connectivity index (χ1v) is 24.5. The number of phosphoric acid groups is 1. The number of ether oxygens (including phenoxy) is 2. The Balaban J connectivity index is 2.40. The molecule has 0 bridgehead atoms. The summed E-state index contributed by atoms with van der Waals surface area (Å²) in [6, 6.07) is 0. The molecule has 0 amide bonds. The molecule has 6 N–H and O–H groups in total. The van der Waals surface area contributed by atoms with Gasteiger partial charge in [-0.1, -0.05) is 167 Å². The summed E-state index contributed by atoms with van der Waals surface area (Å²) in [5.74, 6) is -0.482. The second-order valence-corrected chi connectivity index (χ2v) is 17.7. The van der Waals surface area contributed by atoms with Gasteiger partial charge in [0.2, 0.25) is 0 Å². The maximum Gasteiger partial charge on any atom is 0.472 e. The molecule has 0 heterocycles. The average molecular weight is 837 g/mol. The van der Waals surface area contributed by atoms with E-state index in [-0.39, 0.29) is 13.0 Å². The summed E-state index contributed by atoms with van der Waals surface area (Å²) in [6.45, 7) is 4.26. The molecule has 0 radical (unpaired) electrons. The summed E-state index contributed by atoms with van der Waals surface area (Å²) in [5, 5.41) is 50.1. The van der Waals surface area contributed by atoms with Crippen molar-refractivity contribution in [3.05, 3.63) is 12.2 Å². The lowest BCUT2D eigenvalue weighted by Gasteiger charge is -2.41. The van der Waals surface area contributed by atoms with Crippen molar-refractivity contribution < 1.29 is 58.3 Å². The van der Waals surface area contributed by atoms with Crippen LogP contribution in [0.2, 0.25) is 0 Å². The maximum atomic E-state index is 12.8. The Morgan fingerprint density at radius 1 is 0.544 bits per heavy atom. The highest BCUT2D eigenvalue weighted by molar-refractivity contribution is 7.47. The molecule has 0 spiro atoms. The lowest BCUT2D eigenvalue weighted by atomic mass is 9.85. The van der Waals surface area contributed by atoms with E-state index in [1.807, 2.05) is 0 Å². The van der Waals surface area contributed by atoms with Crippen molar-refractivity contribution in [2.45, 2.75) is 243 Å². The number of rotatable bonds is 39. The largest absolute Gasteiger partial charge is 0.472 e. The van der Waals surface area contributed by atoms with Crippen LogP contribution in [0.4, 0.5) is 0 Å². The second-order valence-electron chi connectivity index (χ2n) is 16.3. The number of carbonyl (C=O) groups is 1. The molecule has 0 saturated heterocycles. The van der Waals surface area contributed by atoms with Gasteiger partial charge in [-0.15, -0.1) is 0 Å². The first-order valence-electron chi connectivity index (χ1n) is 23.0. The van der Waals surface area contributed by atoms with Crippen LogP contribution in [0.1, 0.15) is 200 Å². The van der Waals surface area contributed by atoms with Gasteiger partial charge in [0.1, 0.15) is 42.7 Å². The zero-order valence-corrected chi connectivity index (χ0v) is 36.8. The quantitative estimate of drug-likeness (QED) is 0.0149. The monoisotopic (exact) mass is 837 g/mol. The predicted octanol–water partition coefficient (Wildman–Crippen LogP) is 9.14. The van der Waals surface area contributed by atoms with Crippen LogP contribution in [-0.4, -0.2) is 98.9 Å². The first kappa shape index (κ1) is 54.1. The highest BCUT2D eigenvalue weighted by Gasteiger charge is 2.51. The van der Waals surface area contributed by atoms with Crippen LogP contribution in [0.5, 0.6) is 0 Å². The third kappa shape index (κ3) is 28.3. The molecule has 338 valence electrons. The van der Waals surface area contributed by atoms with Gasteiger partial charge in [0.25, 0.3) is 0 Å². The summed E-state index contributed by atoms with van der Waals surface area (Å²) in [4.78, 5) is 23.1. The van der Waals surface area contributed by atoms with Gasteiger partial charge in [-0.05, 0) is 38.5 Å². The molecule has 13 heteroatoms. The summed E-state index contributed by atoms with van der Waals surface area (Å²) in [5.41, 5.74) is 0. The van der Waals surface area contributed by atoms with E-state index in [4.69, 9.17) is 18.5 Å². The number of hydrogen-bond acceptors (Lipinski definition) is 11. The van der Waals surface area contributed by atoms with E-state index in [0.29, 0.717) is 13.0 Å². The summed E-state index contributed by atoms with van der Waals surface area (Å²) < 4.78 is 34.2. The van der Waals surface area contributed by atoms with Crippen molar-refractivity contribution in [3.63, 3.8) is 0 Å². The maximum absolute atomic E-state index is 12.8. The highest BCUT2D eigenvalue weighted by atomic mass is 31.2. The minimum absolute atomic E-state index is 0.0744. The minimum atomic E-state index is -5.01. The number of unbranched alkanes of at least 4 members (excludes halogenated alkanes) is 25. The van der Waals surface area contributed by atoms with Crippen molar-refractivity contribution in [2.24, 2.45) is 0 Å². The number of aliphatic hydroxyl groups excluding tert-OH is 5. The normalized spacial score (nSPS) is 22.9. The zero-order chi connectivity index (χ0) is 42.0. The van der Waals surface area contributed by atoms with Gasteiger partial charge in [0, 0.05) is 13.0 Å². The number of carbonyl (C=O) groups excluding carboxylic acids is 1. The lowest BCUT2D eigenvalue weighted by molar-refractivity contribution is -0.220. The van der Waals surface area contributed by atoms with Crippen molar-refractivity contribution in [2.75, 3.05) is 19.8 Å². The zero-order valence-electron chi connectivity index (χ0n) is 35.9. The second kappa shape index (κ2) is 35.8. The Morgan fingerprint density at radius 3 is 1.39 bits per heavy atom. The Kier molecular flexibility index (Phi) is 34.0. The van der Waals surface area contributed by atoms with Gasteiger partial charge in [-0.25, -0.2) is 4.57 Å². The van der Waals surface area contributed by atoms with Crippen LogP contribution < -0.4 is 0 Å². The van der Waals surface area contributed by atoms with E-state index >= 15 is 0 Å². The van der Waals surface area contributed by atoms with Gasteiger partial charge in [-0.3, -0.25) is 13.8 Å². The fourth-order valence-corrected chi connectivity index (χ4v) is 8.15. The van der Waals surface area contributed by atoms with Gasteiger partial charge < -0.3 is 39.9 Å². The SMILES string of the molecule is CCCCCCCCC/C=C\CCCCCCCC(=O)O[C@H](COCCCCCCCCCCCCCCCC)COP(=O)(O)OC1C(O)C(O)C(O)[C@@H](O)C1O. The standard InChI is InChI=1S/C44H85O12P/c1-3-5-7-9-11-13-15-17-19-20-21-23-25-27-29-31-33-38(45)55-37(35-53-34-32-30-28-26-24-22-18-16-14-12-10-8-6-4-2)36-54-57(51,52)56-44-42(49)40(47)39(46)41(48)43(44)50/h19-20,37,39-44,46-50H,3-18,21-36H2,1-2H3,(H,51,52)/b20-19-/t37-,39?,40-,41?,42?,43?,44?/m1/s1. The van der Waals surface area contributed by atoms with Crippen LogP contribution in [0, 0.1) is 0 Å². The summed E-state index contributed by atoms with van der Waals surface area (Å²) in [7, 11) is -5.01. The Labute approximate surface area is 346 Å². The predicted molar refractivity (Wildman–Crippen MR) is 226 cm³/mol. The number of esters is 1. The molecule has 12 nitrogen and oxygen atoms in total. The van der Waals surface area contributed by atoms with Gasteiger partial charge in [0.15, 0.2) is 0 Å². The van der Waals surface area contributed by atoms with Crippen LogP contribution in [-0.2, 0) is 27.9 Å². The van der Waals surface area contributed by atoms with Crippen LogP contribution >= 0.6 is 7.82 Å². The molecule has 1 saturated carbocycles. The summed E-state index contributed by atoms with van der Waals surface area (Å²) >= 11 is 0. The van der Waals surface area contributed by atoms with Crippen molar-refractivity contribution in [3.8, 4) is 0 Å². The molecule has 0 aromatic carbocycles. The number of aliphatic hydroxyl groups is 5. The fourth-order valence-electron chi connectivity index (χ4n) is 7.17. The highest BCUT2D eigenvalue weighted by Crippen LogP contribution is 2.47. The molecule has 8 atom stereocenters. The molecule has 57 heavy (non-hydrogen) atoms. The molecular weight excluding hydrogens is 751 g/mol. The Bertz CT molecular complexity index is 1000. The van der Waals surface area contributed by atoms with E-state index < -0.39 is 63.1 Å². The van der Waals surface area contributed by atoms with Gasteiger partial charge in [0.05, 0.1) is 13.2 Å². The van der Waals surface area contributed by atoms with Crippen LogP contribution in [0.3, 0.4) is 0 Å². The van der Waals surface area contributed by atoms with Gasteiger partial charge in [-0.2, -0.15) is 0 Å². The average Bonchev–Trinajstić information content (AvgIpc) is 3.19. The molecule has 0 aromatic heterocycles. The minimum Gasteiger partial charge on any atom is -0.457 e. The number of hydrogen-bond donors (Lipinski definition) is 6. The molecule has 0 aromatic rings. The first-order chi connectivity index (χ1) is 27.5. The van der Waals surface area contributed by atoms with E-state index in [2.05, 4.69) is 26.0 Å². The van der Waals surface area contributed by atoms with Crippen molar-refractivity contribution >= 4 is 13.8 Å². The van der Waals surface area contributed by atoms with E-state index in [0.717, 1.165) is 57.8 Å². The topological polar surface area (TPSA) is 192 Å². The Hall–Kier alpha value is -0.920. The smallest absolute Gasteiger partial charge is 0.457 e. The lowest BCUT2D eigenvalue weighted by Crippen LogP contribution is -2.64. The molecule has 1 fully saturated rings. The van der Waals surface area contributed by atoms with Gasteiger partial charge >= 0.3 is 13.8 Å². The third-order valence-corrected chi connectivity index (χ3v) is 11.9. The summed E-state index contributed by atoms with van der Waals surface area (Å²) in [6.07, 6.45) is 25.6. The van der Waals surface area contributed by atoms with E-state index in [1.165, 1.54) is 116 Å². The number of phosphoric ester groups is 1. The fraction of sp³-hybridized carbons (Fsp3) is 0.932. The Morgan fingerprint density at radius 2 is 0.930 bits per heavy atom. The molecule has 1 rings (SSSR count). The van der Waals surface area contributed by atoms with Crippen LogP contribution in [0.25, 0.3) is 0 Å².